The molecule has 0 bridgehead atoms. The normalized spacial score (nSPS) is 48.1. The van der Waals surface area contributed by atoms with Crippen LogP contribution in [0.1, 0.15) is 98.8 Å². The lowest BCUT2D eigenvalue weighted by Gasteiger charge is -2.63. The highest BCUT2D eigenvalue weighted by molar-refractivity contribution is 6.00. The number of hydrogen-bond donors (Lipinski definition) is 3. The van der Waals surface area contributed by atoms with Gasteiger partial charge in [-0.05, 0) is 79.3 Å². The summed E-state index contributed by atoms with van der Waals surface area (Å²) >= 11 is 0. The molecule has 4 rings (SSSR count). The molecule has 3 fully saturated rings. The zero-order chi connectivity index (χ0) is 22.8. The zero-order valence-corrected chi connectivity index (χ0v) is 20.3. The zero-order valence-electron chi connectivity index (χ0n) is 20.3. The van der Waals surface area contributed by atoms with E-state index in [0.717, 1.165) is 30.8 Å². The van der Waals surface area contributed by atoms with Crippen LogP contribution < -0.4 is 0 Å². The molecule has 3 N–H and O–H groups in total. The summed E-state index contributed by atoms with van der Waals surface area (Å²) in [5, 5.41) is 33.8. The smallest absolute Gasteiger partial charge is 0.188 e. The predicted octanol–water partition coefficient (Wildman–Crippen LogP) is 4.80. The monoisotopic (exact) mass is 432 g/mol. The van der Waals surface area contributed by atoms with Gasteiger partial charge in [-0.25, -0.2) is 0 Å². The molecule has 176 valence electrons. The van der Waals surface area contributed by atoms with E-state index in [1.165, 1.54) is 19.3 Å². The fourth-order valence-corrected chi connectivity index (χ4v) is 8.33. The Kier molecular flexibility index (Phi) is 5.80. The maximum absolute atomic E-state index is 13.3. The van der Waals surface area contributed by atoms with Crippen molar-refractivity contribution in [3.8, 4) is 0 Å². The number of ketones is 1. The topological polar surface area (TPSA) is 77.8 Å². The second-order valence-corrected chi connectivity index (χ2v) is 12.5. The summed E-state index contributed by atoms with van der Waals surface area (Å²) in [6.45, 7) is 11.3. The van der Waals surface area contributed by atoms with Crippen molar-refractivity contribution in [2.24, 2.45) is 34.5 Å². The standard InChI is InChI=1S/C27H44O4/c1-17(2)7-6-8-18(3)20-9-10-21-22-15-23(29)27(31)16-19(28)11-12-25(27,5)26(22,30)14-13-24(20,21)4/h15,17-21,28,30-31H,6-14,16H2,1-5H3/t18-,19?,20-,21+,24-,25-,26?,27?/m1/s1. The van der Waals surface area contributed by atoms with Gasteiger partial charge >= 0.3 is 0 Å². The molecule has 4 nitrogen and oxygen atoms in total. The number of carbonyl (C=O) groups is 1. The van der Waals surface area contributed by atoms with E-state index < -0.39 is 22.7 Å². The Morgan fingerprint density at radius 1 is 1.00 bits per heavy atom. The first-order valence-electron chi connectivity index (χ1n) is 12.8. The molecule has 4 heteroatoms. The van der Waals surface area contributed by atoms with Crippen molar-refractivity contribution in [2.45, 2.75) is 116 Å². The first-order valence-corrected chi connectivity index (χ1v) is 12.8. The lowest BCUT2D eigenvalue weighted by atomic mass is 9.43. The lowest BCUT2D eigenvalue weighted by molar-refractivity contribution is -0.223. The minimum absolute atomic E-state index is 0.0336. The molecular formula is C27H44O4. The van der Waals surface area contributed by atoms with Crippen molar-refractivity contribution in [3.05, 3.63) is 11.6 Å². The Balaban J connectivity index is 1.64. The van der Waals surface area contributed by atoms with Gasteiger partial charge in [0.05, 0.1) is 11.7 Å². The molecule has 0 spiro atoms. The van der Waals surface area contributed by atoms with Crippen molar-refractivity contribution >= 4 is 5.78 Å². The number of carbonyl (C=O) groups excluding carboxylic acids is 1. The summed E-state index contributed by atoms with van der Waals surface area (Å²) in [5.41, 5.74) is -2.75. The fourth-order valence-electron chi connectivity index (χ4n) is 8.33. The van der Waals surface area contributed by atoms with Crippen LogP contribution in [0.15, 0.2) is 11.6 Å². The average molecular weight is 433 g/mol. The minimum Gasteiger partial charge on any atom is -0.393 e. The van der Waals surface area contributed by atoms with Crippen molar-refractivity contribution in [1.82, 2.24) is 0 Å². The van der Waals surface area contributed by atoms with Gasteiger partial charge in [0, 0.05) is 11.8 Å². The first kappa shape index (κ1) is 23.4. The molecule has 0 amide bonds. The molecule has 4 aliphatic rings. The molecule has 8 atom stereocenters. The maximum atomic E-state index is 13.3. The number of aliphatic hydroxyl groups is 3. The van der Waals surface area contributed by atoms with Gasteiger partial charge in [0.15, 0.2) is 5.78 Å². The maximum Gasteiger partial charge on any atom is 0.188 e. The summed E-state index contributed by atoms with van der Waals surface area (Å²) in [7, 11) is 0. The van der Waals surface area contributed by atoms with E-state index in [4.69, 9.17) is 0 Å². The second kappa shape index (κ2) is 7.67. The van der Waals surface area contributed by atoms with Gasteiger partial charge in [0.1, 0.15) is 5.60 Å². The Morgan fingerprint density at radius 2 is 1.71 bits per heavy atom. The quantitative estimate of drug-likeness (QED) is 0.583. The first-order chi connectivity index (χ1) is 14.4. The molecule has 3 unspecified atom stereocenters. The SMILES string of the molecule is CC(C)CCC[C@@H](C)[C@H]1CC[C@H]2C3=CC(=O)C4(O)CC(O)CC[C@]4(C)C3(O)CC[C@]12C. The van der Waals surface area contributed by atoms with Crippen LogP contribution in [0.5, 0.6) is 0 Å². The number of hydrogen-bond acceptors (Lipinski definition) is 4. The largest absolute Gasteiger partial charge is 0.393 e. The van der Waals surface area contributed by atoms with Crippen LogP contribution >= 0.6 is 0 Å². The van der Waals surface area contributed by atoms with Gasteiger partial charge in [-0.3, -0.25) is 4.79 Å². The van der Waals surface area contributed by atoms with Gasteiger partial charge in [-0.15, -0.1) is 0 Å². The summed E-state index contributed by atoms with van der Waals surface area (Å²) < 4.78 is 0. The van der Waals surface area contributed by atoms with E-state index in [0.29, 0.717) is 31.1 Å². The Bertz CT molecular complexity index is 758. The number of aliphatic hydroxyl groups excluding tert-OH is 1. The molecule has 0 saturated heterocycles. The predicted molar refractivity (Wildman–Crippen MR) is 122 cm³/mol. The van der Waals surface area contributed by atoms with Crippen molar-refractivity contribution in [3.63, 3.8) is 0 Å². The highest BCUT2D eigenvalue weighted by Crippen LogP contribution is 2.68. The summed E-state index contributed by atoms with van der Waals surface area (Å²) in [4.78, 5) is 13.3. The summed E-state index contributed by atoms with van der Waals surface area (Å²) in [6.07, 6.45) is 9.48. The van der Waals surface area contributed by atoms with E-state index >= 15 is 0 Å². The van der Waals surface area contributed by atoms with E-state index in [-0.39, 0.29) is 23.5 Å². The Morgan fingerprint density at radius 3 is 2.39 bits per heavy atom. The van der Waals surface area contributed by atoms with Gasteiger partial charge in [-0.1, -0.05) is 53.9 Å². The van der Waals surface area contributed by atoms with Crippen molar-refractivity contribution in [2.75, 3.05) is 0 Å². The highest BCUT2D eigenvalue weighted by atomic mass is 16.3. The lowest BCUT2D eigenvalue weighted by Crippen LogP contribution is -2.71. The molecule has 4 aliphatic carbocycles. The molecule has 0 aromatic rings. The highest BCUT2D eigenvalue weighted by Gasteiger charge is 2.71. The summed E-state index contributed by atoms with van der Waals surface area (Å²) in [6, 6.07) is 0. The Labute approximate surface area is 188 Å². The third-order valence-electron chi connectivity index (χ3n) is 10.4. The van der Waals surface area contributed by atoms with Crippen LogP contribution in [0.2, 0.25) is 0 Å². The Hall–Kier alpha value is -0.710. The fraction of sp³-hybridized carbons (Fsp3) is 0.889. The molecule has 0 heterocycles. The van der Waals surface area contributed by atoms with Crippen molar-refractivity contribution < 1.29 is 20.1 Å². The molecule has 0 aromatic carbocycles. The van der Waals surface area contributed by atoms with Gasteiger partial charge < -0.3 is 15.3 Å². The van der Waals surface area contributed by atoms with E-state index in [1.54, 1.807) is 6.08 Å². The third-order valence-corrected chi connectivity index (χ3v) is 10.4. The van der Waals surface area contributed by atoms with E-state index in [1.807, 2.05) is 6.92 Å². The molecule has 0 radical (unpaired) electrons. The average Bonchev–Trinajstić information content (AvgIpc) is 3.03. The molecule has 31 heavy (non-hydrogen) atoms. The van der Waals surface area contributed by atoms with Gasteiger partial charge in [0.25, 0.3) is 0 Å². The number of fused-ring (bicyclic) bond motifs is 5. The number of rotatable bonds is 5. The van der Waals surface area contributed by atoms with Crippen LogP contribution in [0, 0.1) is 34.5 Å². The van der Waals surface area contributed by atoms with Crippen LogP contribution in [0.4, 0.5) is 0 Å². The van der Waals surface area contributed by atoms with E-state index in [9.17, 15) is 20.1 Å². The van der Waals surface area contributed by atoms with Crippen LogP contribution in [0.3, 0.4) is 0 Å². The van der Waals surface area contributed by atoms with Crippen LogP contribution in [-0.4, -0.2) is 38.4 Å². The third kappa shape index (κ3) is 3.22. The minimum atomic E-state index is -1.67. The van der Waals surface area contributed by atoms with Gasteiger partial charge in [-0.2, -0.15) is 0 Å². The van der Waals surface area contributed by atoms with E-state index in [2.05, 4.69) is 27.7 Å². The molecule has 0 aromatic heterocycles. The molecular weight excluding hydrogens is 388 g/mol. The summed E-state index contributed by atoms with van der Waals surface area (Å²) in [5.74, 6) is 1.92. The van der Waals surface area contributed by atoms with Gasteiger partial charge in [0.2, 0.25) is 0 Å². The van der Waals surface area contributed by atoms with Crippen LogP contribution in [-0.2, 0) is 4.79 Å². The second-order valence-electron chi connectivity index (χ2n) is 12.5. The van der Waals surface area contributed by atoms with Crippen LogP contribution in [0.25, 0.3) is 0 Å². The van der Waals surface area contributed by atoms with Crippen molar-refractivity contribution in [1.29, 1.82) is 0 Å². The molecule has 0 aliphatic heterocycles. The molecule has 3 saturated carbocycles.